The molecule has 1 N–H and O–H groups in total. The van der Waals surface area contributed by atoms with Gasteiger partial charge in [0.1, 0.15) is 6.10 Å². The van der Waals surface area contributed by atoms with Crippen molar-refractivity contribution in [3.05, 3.63) is 33.4 Å². The average molecular weight is 298 g/mol. The summed E-state index contributed by atoms with van der Waals surface area (Å²) in [5.74, 6) is 0. The summed E-state index contributed by atoms with van der Waals surface area (Å²) in [4.78, 5) is 0. The van der Waals surface area contributed by atoms with Crippen molar-refractivity contribution in [2.75, 3.05) is 0 Å². The molecule has 1 unspecified atom stereocenters. The Labute approximate surface area is 88.9 Å². The predicted octanol–water partition coefficient (Wildman–Crippen LogP) is 2.46. The van der Waals surface area contributed by atoms with Crippen molar-refractivity contribution < 1.29 is 13.9 Å². The van der Waals surface area contributed by atoms with E-state index < -0.39 is 12.5 Å². The topological polar surface area (TPSA) is 20.2 Å². The lowest BCUT2D eigenvalue weighted by atomic mass is 10.1. The molecule has 1 aromatic carbocycles. The monoisotopic (exact) mass is 298 g/mol. The summed E-state index contributed by atoms with van der Waals surface area (Å²) in [5, 5.41) is 8.90. The number of alkyl halides is 2. The summed E-state index contributed by atoms with van der Waals surface area (Å²) >= 11 is 2.13. The highest BCUT2D eigenvalue weighted by Gasteiger charge is 2.16. The molecule has 0 radical (unpaired) electrons. The van der Waals surface area contributed by atoms with Gasteiger partial charge in [0.05, 0.1) is 0 Å². The summed E-state index contributed by atoms with van der Waals surface area (Å²) in [7, 11) is 0. The van der Waals surface area contributed by atoms with Gasteiger partial charge in [-0.15, -0.1) is 0 Å². The summed E-state index contributed by atoms with van der Waals surface area (Å²) < 4.78 is 24.9. The van der Waals surface area contributed by atoms with Crippen LogP contribution >= 0.6 is 22.6 Å². The highest BCUT2D eigenvalue weighted by Crippen LogP contribution is 2.11. The maximum Gasteiger partial charge on any atom is 0.264 e. The normalized spacial score (nSPS) is 13.3. The van der Waals surface area contributed by atoms with Gasteiger partial charge in [-0.2, -0.15) is 0 Å². The Balaban J connectivity index is 2.59. The Bertz CT molecular complexity index is 261. The number of halogens is 3. The SMILES string of the molecule is OC(Cc1ccc(I)cc1)C(F)F. The van der Waals surface area contributed by atoms with Gasteiger partial charge in [0, 0.05) is 9.99 Å². The van der Waals surface area contributed by atoms with E-state index in [9.17, 15) is 8.78 Å². The second kappa shape index (κ2) is 4.85. The van der Waals surface area contributed by atoms with Crippen molar-refractivity contribution in [2.24, 2.45) is 0 Å². The van der Waals surface area contributed by atoms with Gasteiger partial charge in [-0.1, -0.05) is 12.1 Å². The minimum Gasteiger partial charge on any atom is -0.387 e. The molecule has 0 saturated heterocycles. The van der Waals surface area contributed by atoms with Crippen LogP contribution in [0, 0.1) is 3.57 Å². The van der Waals surface area contributed by atoms with E-state index in [1.165, 1.54) is 0 Å². The van der Waals surface area contributed by atoms with Gasteiger partial charge in [0.2, 0.25) is 0 Å². The molecule has 0 aliphatic rings. The lowest BCUT2D eigenvalue weighted by molar-refractivity contribution is -0.00365. The van der Waals surface area contributed by atoms with Crippen molar-refractivity contribution in [1.29, 1.82) is 0 Å². The molecule has 1 atom stereocenters. The van der Waals surface area contributed by atoms with E-state index >= 15 is 0 Å². The van der Waals surface area contributed by atoms with Crippen LogP contribution in [0.4, 0.5) is 8.78 Å². The molecule has 4 heteroatoms. The first kappa shape index (κ1) is 10.8. The Morgan fingerprint density at radius 2 is 1.77 bits per heavy atom. The van der Waals surface area contributed by atoms with Gasteiger partial charge in [0.25, 0.3) is 6.43 Å². The first-order valence-electron chi connectivity index (χ1n) is 3.80. The first-order valence-corrected chi connectivity index (χ1v) is 4.88. The van der Waals surface area contributed by atoms with Crippen LogP contribution in [-0.2, 0) is 6.42 Å². The zero-order valence-electron chi connectivity index (χ0n) is 6.75. The molecule has 0 fully saturated rings. The second-order valence-electron chi connectivity index (χ2n) is 2.73. The van der Waals surface area contributed by atoms with E-state index in [2.05, 4.69) is 22.6 Å². The largest absolute Gasteiger partial charge is 0.387 e. The number of aliphatic hydroxyl groups excluding tert-OH is 1. The van der Waals surface area contributed by atoms with E-state index in [0.29, 0.717) is 0 Å². The Kier molecular flexibility index (Phi) is 4.05. The van der Waals surface area contributed by atoms with Crippen molar-refractivity contribution >= 4 is 22.6 Å². The van der Waals surface area contributed by atoms with E-state index in [1.54, 1.807) is 12.1 Å². The summed E-state index contributed by atoms with van der Waals surface area (Å²) in [6.45, 7) is 0. The molecule has 0 amide bonds. The number of rotatable bonds is 3. The van der Waals surface area contributed by atoms with Crippen LogP contribution in [0.5, 0.6) is 0 Å². The lowest BCUT2D eigenvalue weighted by Gasteiger charge is -2.08. The average Bonchev–Trinajstić information content (AvgIpc) is 2.08. The summed E-state index contributed by atoms with van der Waals surface area (Å²) in [5.41, 5.74) is 0.730. The Morgan fingerprint density at radius 1 is 1.23 bits per heavy atom. The minimum atomic E-state index is -2.67. The summed E-state index contributed by atoms with van der Waals surface area (Å²) in [6, 6.07) is 7.14. The zero-order valence-corrected chi connectivity index (χ0v) is 8.91. The molecule has 1 rings (SSSR count). The molecule has 0 heterocycles. The fourth-order valence-electron chi connectivity index (χ4n) is 0.951. The molecule has 72 valence electrons. The van der Waals surface area contributed by atoms with E-state index in [4.69, 9.17) is 5.11 Å². The van der Waals surface area contributed by atoms with Crippen molar-refractivity contribution in [2.45, 2.75) is 19.0 Å². The lowest BCUT2D eigenvalue weighted by Crippen LogP contribution is -2.19. The minimum absolute atomic E-state index is 0.00852. The summed E-state index contributed by atoms with van der Waals surface area (Å²) in [6.07, 6.45) is -4.21. The molecule has 13 heavy (non-hydrogen) atoms. The zero-order chi connectivity index (χ0) is 9.84. The predicted molar refractivity (Wildman–Crippen MR) is 54.9 cm³/mol. The molecule has 0 spiro atoms. The van der Waals surface area contributed by atoms with Crippen LogP contribution in [0.2, 0.25) is 0 Å². The molecule has 0 aromatic heterocycles. The van der Waals surface area contributed by atoms with Crippen LogP contribution in [0.15, 0.2) is 24.3 Å². The second-order valence-corrected chi connectivity index (χ2v) is 3.98. The van der Waals surface area contributed by atoms with Crippen LogP contribution in [0.3, 0.4) is 0 Å². The van der Waals surface area contributed by atoms with Crippen molar-refractivity contribution in [3.63, 3.8) is 0 Å². The number of hydrogen-bond donors (Lipinski definition) is 1. The van der Waals surface area contributed by atoms with E-state index in [-0.39, 0.29) is 6.42 Å². The van der Waals surface area contributed by atoms with E-state index in [1.807, 2.05) is 12.1 Å². The van der Waals surface area contributed by atoms with Gasteiger partial charge in [-0.05, 0) is 40.3 Å². The fourth-order valence-corrected chi connectivity index (χ4v) is 1.31. The van der Waals surface area contributed by atoms with Gasteiger partial charge < -0.3 is 5.11 Å². The Hall–Kier alpha value is -0.230. The third kappa shape index (κ3) is 3.56. The highest BCUT2D eigenvalue weighted by atomic mass is 127. The first-order chi connectivity index (χ1) is 6.09. The number of hydrogen-bond acceptors (Lipinski definition) is 1. The van der Waals surface area contributed by atoms with Crippen LogP contribution < -0.4 is 0 Å². The van der Waals surface area contributed by atoms with Gasteiger partial charge in [-0.3, -0.25) is 0 Å². The number of benzene rings is 1. The highest BCUT2D eigenvalue weighted by molar-refractivity contribution is 14.1. The van der Waals surface area contributed by atoms with Gasteiger partial charge >= 0.3 is 0 Å². The van der Waals surface area contributed by atoms with Crippen LogP contribution in [0.1, 0.15) is 5.56 Å². The molecule has 1 aromatic rings. The van der Waals surface area contributed by atoms with E-state index in [0.717, 1.165) is 9.13 Å². The third-order valence-corrected chi connectivity index (χ3v) is 2.37. The maximum absolute atomic E-state index is 11.9. The molecule has 0 bridgehead atoms. The van der Waals surface area contributed by atoms with Crippen LogP contribution in [-0.4, -0.2) is 17.6 Å². The molecule has 0 aliphatic heterocycles. The standard InChI is InChI=1S/C9H9F2IO/c10-9(11)8(13)5-6-1-3-7(12)4-2-6/h1-4,8-9,13H,5H2. The number of aliphatic hydroxyl groups is 1. The molecular weight excluding hydrogens is 289 g/mol. The Morgan fingerprint density at radius 3 is 2.23 bits per heavy atom. The van der Waals surface area contributed by atoms with Crippen LogP contribution in [0.25, 0.3) is 0 Å². The molecule has 1 nitrogen and oxygen atoms in total. The van der Waals surface area contributed by atoms with Gasteiger partial charge in [-0.25, -0.2) is 8.78 Å². The smallest absolute Gasteiger partial charge is 0.264 e. The third-order valence-electron chi connectivity index (χ3n) is 1.65. The maximum atomic E-state index is 11.9. The fraction of sp³-hybridized carbons (Fsp3) is 0.333. The molecule has 0 saturated carbocycles. The van der Waals surface area contributed by atoms with Crippen molar-refractivity contribution in [3.8, 4) is 0 Å². The molecular formula is C9H9F2IO. The van der Waals surface area contributed by atoms with Gasteiger partial charge in [0.15, 0.2) is 0 Å². The quantitative estimate of drug-likeness (QED) is 0.850. The van der Waals surface area contributed by atoms with Crippen molar-refractivity contribution in [1.82, 2.24) is 0 Å². The molecule has 0 aliphatic carbocycles.